The summed E-state index contributed by atoms with van der Waals surface area (Å²) in [6.07, 6.45) is -4.87. The molecule has 14 heteroatoms. The molecular weight excluding hydrogens is 730 g/mol. The van der Waals surface area contributed by atoms with Crippen molar-refractivity contribution in [2.75, 3.05) is 18.0 Å². The van der Waals surface area contributed by atoms with Crippen LogP contribution in [0.3, 0.4) is 0 Å². The highest BCUT2D eigenvalue weighted by molar-refractivity contribution is 8.03. The fraction of sp³-hybridized carbons (Fsp3) is 0.289. The van der Waals surface area contributed by atoms with E-state index in [4.69, 9.17) is 13.0 Å². The summed E-state index contributed by atoms with van der Waals surface area (Å²) in [5.74, 6) is -1.33. The molecule has 280 valence electrons. The average Bonchev–Trinajstić information content (AvgIpc) is 3.42. The number of benzene rings is 4. The van der Waals surface area contributed by atoms with Gasteiger partial charge in [-0.15, -0.1) is 0 Å². The Labute approximate surface area is 304 Å². The van der Waals surface area contributed by atoms with Crippen LogP contribution in [-0.4, -0.2) is 48.2 Å². The molecule has 0 spiro atoms. The zero-order valence-corrected chi connectivity index (χ0v) is 31.2. The molecule has 5 nitrogen and oxygen atoms in total. The predicted octanol–water partition coefficient (Wildman–Crippen LogP) is 10.7. The van der Waals surface area contributed by atoms with Crippen molar-refractivity contribution in [3.8, 4) is 0 Å². The fourth-order valence-corrected chi connectivity index (χ4v) is 6.72. The number of allylic oxidation sites excluding steroid dienone is 1. The standard InChI is InChI=1S/C30H31F4N2S.C7H8.CHF3O3S/c1-18-14-20(3)26(21(4)15-18)35-12-13-36(27-22(5)16-19(2)17-23(27)6)29(35)25(31)28(30(32,33)34)37-24-10-8-7-9-11-24;1-7-5-3-2-4-6-7;2-1(3,4)8(5,6)7/h7-11,14-17H,12-13H2,1-6H3;2-6H,1H3;(H,5,6,7)/q+1;;/p-1/b28-25+;;. The highest BCUT2D eigenvalue weighted by Crippen LogP contribution is 2.44. The molecule has 0 unspecified atom stereocenters. The molecule has 4 aromatic rings. The fourth-order valence-electron chi connectivity index (χ4n) is 5.90. The minimum absolute atomic E-state index is 0.0686. The van der Waals surface area contributed by atoms with Gasteiger partial charge in [-0.1, -0.05) is 101 Å². The first-order chi connectivity index (χ1) is 24.0. The highest BCUT2D eigenvalue weighted by Gasteiger charge is 2.46. The molecule has 1 aliphatic heterocycles. The summed E-state index contributed by atoms with van der Waals surface area (Å²) in [7, 11) is -6.09. The van der Waals surface area contributed by atoms with Gasteiger partial charge in [-0.05, 0) is 82.9 Å². The molecule has 0 saturated carbocycles. The summed E-state index contributed by atoms with van der Waals surface area (Å²) in [4.78, 5) is 0.789. The largest absolute Gasteiger partial charge is 0.741 e. The van der Waals surface area contributed by atoms with Crippen LogP contribution in [0.5, 0.6) is 0 Å². The first-order valence-corrected chi connectivity index (χ1v) is 18.1. The van der Waals surface area contributed by atoms with Crippen molar-refractivity contribution in [1.29, 1.82) is 0 Å². The van der Waals surface area contributed by atoms with Gasteiger partial charge in [-0.3, -0.25) is 0 Å². The van der Waals surface area contributed by atoms with Gasteiger partial charge in [-0.2, -0.15) is 30.7 Å². The zero-order chi connectivity index (χ0) is 39.2. The van der Waals surface area contributed by atoms with E-state index in [1.54, 1.807) is 39.8 Å². The average molecular weight is 769 g/mol. The van der Waals surface area contributed by atoms with Crippen molar-refractivity contribution in [2.24, 2.45) is 0 Å². The Morgan fingerprint density at radius 2 is 1.13 bits per heavy atom. The monoisotopic (exact) mass is 768 g/mol. The molecule has 0 radical (unpaired) electrons. The summed E-state index contributed by atoms with van der Waals surface area (Å²) in [6.45, 7) is 14.4. The maximum Gasteiger partial charge on any atom is 0.485 e. The summed E-state index contributed by atoms with van der Waals surface area (Å²) in [5.41, 5.74) is 2.84. The van der Waals surface area contributed by atoms with E-state index in [2.05, 4.69) is 19.1 Å². The van der Waals surface area contributed by atoms with Gasteiger partial charge in [0.15, 0.2) is 10.1 Å². The number of hydrogen-bond donors (Lipinski definition) is 0. The second-order valence-electron chi connectivity index (χ2n) is 12.2. The molecule has 0 atom stereocenters. The van der Waals surface area contributed by atoms with Crippen LogP contribution < -0.4 is 4.90 Å². The third-order valence-electron chi connectivity index (χ3n) is 7.71. The SMILES string of the molecule is Cc1cc(C)c(N2CC[N+](c3c(C)cc(C)cc3C)=C2/C(F)=C(\Sc2ccccc2)C(F)(F)F)c(C)c1.Cc1ccccc1.O=S(=O)([O-])C(F)(F)F. The van der Waals surface area contributed by atoms with Crippen LogP contribution in [0.1, 0.15) is 38.9 Å². The van der Waals surface area contributed by atoms with Crippen molar-refractivity contribution in [3.63, 3.8) is 0 Å². The van der Waals surface area contributed by atoms with Crippen LogP contribution in [0.2, 0.25) is 0 Å². The summed E-state index contributed by atoms with van der Waals surface area (Å²) >= 11 is 0.412. The van der Waals surface area contributed by atoms with Crippen molar-refractivity contribution >= 4 is 39.1 Å². The quantitative estimate of drug-likeness (QED) is 0.0665. The molecule has 0 N–H and O–H groups in total. The molecular formula is C38H39F7N2O3S2. The van der Waals surface area contributed by atoms with Gasteiger partial charge in [0.2, 0.25) is 5.83 Å². The first kappa shape index (κ1) is 42.3. The number of hydrogen-bond acceptors (Lipinski definition) is 5. The predicted molar refractivity (Wildman–Crippen MR) is 192 cm³/mol. The maximum atomic E-state index is 16.5. The number of amidine groups is 1. The lowest BCUT2D eigenvalue weighted by Crippen LogP contribution is -2.32. The number of halogens is 7. The van der Waals surface area contributed by atoms with Gasteiger partial charge in [0.25, 0.3) is 0 Å². The van der Waals surface area contributed by atoms with Crippen molar-refractivity contribution in [3.05, 3.63) is 135 Å². The Kier molecular flexibility index (Phi) is 13.9. The van der Waals surface area contributed by atoms with Gasteiger partial charge < -0.3 is 4.55 Å². The molecule has 1 aliphatic rings. The Bertz CT molecular complexity index is 2000. The van der Waals surface area contributed by atoms with Gasteiger partial charge in [-0.25, -0.2) is 17.9 Å². The van der Waals surface area contributed by atoms with E-state index in [1.807, 2.05) is 84.0 Å². The zero-order valence-electron chi connectivity index (χ0n) is 29.6. The Balaban J connectivity index is 0.000000402. The second kappa shape index (κ2) is 17.1. The van der Waals surface area contributed by atoms with Crippen LogP contribution in [0.15, 0.2) is 101 Å². The molecule has 0 aromatic heterocycles. The van der Waals surface area contributed by atoms with E-state index in [-0.39, 0.29) is 5.84 Å². The van der Waals surface area contributed by atoms with Crippen molar-refractivity contribution in [2.45, 2.75) is 65.0 Å². The van der Waals surface area contributed by atoms with Crippen LogP contribution in [0.4, 0.5) is 42.1 Å². The molecule has 0 amide bonds. The molecule has 1 heterocycles. The molecule has 5 rings (SSSR count). The lowest BCUT2D eigenvalue weighted by Gasteiger charge is -2.20. The molecule has 0 saturated heterocycles. The Hall–Kier alpha value is -4.14. The third kappa shape index (κ3) is 10.9. The van der Waals surface area contributed by atoms with Gasteiger partial charge >= 0.3 is 17.5 Å². The Morgan fingerprint density at radius 3 is 1.52 bits per heavy atom. The van der Waals surface area contributed by atoms with Gasteiger partial charge in [0.1, 0.15) is 29.4 Å². The number of anilines is 1. The van der Waals surface area contributed by atoms with Crippen LogP contribution in [-0.2, 0) is 10.1 Å². The molecule has 0 fully saturated rings. The lowest BCUT2D eigenvalue weighted by atomic mass is 10.0. The highest BCUT2D eigenvalue weighted by atomic mass is 32.2. The van der Waals surface area contributed by atoms with E-state index in [1.165, 1.54) is 5.56 Å². The van der Waals surface area contributed by atoms with Crippen LogP contribution in [0.25, 0.3) is 0 Å². The van der Waals surface area contributed by atoms with Crippen molar-refractivity contribution in [1.82, 2.24) is 0 Å². The summed E-state index contributed by atoms with van der Waals surface area (Å²) in [6, 6.07) is 26.3. The number of nitrogens with zero attached hydrogens (tertiary/aromatic N) is 2. The summed E-state index contributed by atoms with van der Waals surface area (Å²) in [5, 5.41) is 0. The number of rotatable bonds is 5. The smallest absolute Gasteiger partial charge is 0.485 e. The first-order valence-electron chi connectivity index (χ1n) is 15.8. The molecule has 52 heavy (non-hydrogen) atoms. The number of alkyl halides is 6. The minimum Gasteiger partial charge on any atom is -0.741 e. The van der Waals surface area contributed by atoms with Crippen LogP contribution >= 0.6 is 11.8 Å². The van der Waals surface area contributed by atoms with E-state index in [0.29, 0.717) is 29.7 Å². The summed E-state index contributed by atoms with van der Waals surface area (Å²) < 4.78 is 120. The van der Waals surface area contributed by atoms with E-state index in [9.17, 15) is 26.3 Å². The van der Waals surface area contributed by atoms with Crippen molar-refractivity contribution < 1.29 is 48.3 Å². The second-order valence-corrected chi connectivity index (χ2v) is 14.7. The lowest BCUT2D eigenvalue weighted by molar-refractivity contribution is -0.429. The van der Waals surface area contributed by atoms with E-state index < -0.39 is 32.5 Å². The van der Waals surface area contributed by atoms with Gasteiger partial charge in [0, 0.05) is 4.90 Å². The Morgan fingerprint density at radius 1 is 0.712 bits per heavy atom. The molecule has 0 aliphatic carbocycles. The van der Waals surface area contributed by atoms with E-state index >= 15 is 4.39 Å². The maximum absolute atomic E-state index is 16.5. The van der Waals surface area contributed by atoms with Gasteiger partial charge in [0.05, 0.1) is 0 Å². The van der Waals surface area contributed by atoms with Crippen LogP contribution in [0, 0.1) is 48.5 Å². The number of aryl methyl sites for hydroxylation is 7. The third-order valence-corrected chi connectivity index (χ3v) is 9.40. The molecule has 4 aromatic carbocycles. The van der Waals surface area contributed by atoms with E-state index in [0.717, 1.165) is 44.8 Å². The normalized spacial score (nSPS) is 13.9. The molecule has 0 bridgehead atoms. The minimum atomic E-state index is -6.09. The number of thioether (sulfide) groups is 1. The topological polar surface area (TPSA) is 63.5 Å².